The van der Waals surface area contributed by atoms with Crippen LogP contribution in [0, 0.1) is 5.82 Å². The standard InChI is InChI=1S/C12H10FN3S/c13-8-3-1-2-6-4-7-9(14)5-10(15)16-12(7)17-11(6)8/h1-3,5H,4H2,(H4,14,15,16). The van der Waals surface area contributed by atoms with Gasteiger partial charge in [0, 0.05) is 23.7 Å². The third kappa shape index (κ3) is 1.63. The van der Waals surface area contributed by atoms with Gasteiger partial charge in [-0.3, -0.25) is 0 Å². The van der Waals surface area contributed by atoms with E-state index >= 15 is 0 Å². The largest absolute Gasteiger partial charge is 0.398 e. The number of benzene rings is 1. The summed E-state index contributed by atoms with van der Waals surface area (Å²) < 4.78 is 13.7. The first-order chi connectivity index (χ1) is 8.15. The van der Waals surface area contributed by atoms with Gasteiger partial charge in [0.15, 0.2) is 0 Å². The highest BCUT2D eigenvalue weighted by Crippen LogP contribution is 2.42. The SMILES string of the molecule is Nc1cc(N)c2c(n1)Sc1c(F)cccc1C2. The molecule has 4 N–H and O–H groups in total. The van der Waals surface area contributed by atoms with Gasteiger partial charge in [-0.1, -0.05) is 23.9 Å². The number of halogens is 1. The van der Waals surface area contributed by atoms with Crippen LogP contribution >= 0.6 is 11.8 Å². The summed E-state index contributed by atoms with van der Waals surface area (Å²) in [4.78, 5) is 4.83. The zero-order valence-electron chi connectivity index (χ0n) is 8.90. The van der Waals surface area contributed by atoms with Crippen LogP contribution in [-0.2, 0) is 6.42 Å². The van der Waals surface area contributed by atoms with Crippen LogP contribution in [0.25, 0.3) is 0 Å². The number of nitrogens with two attached hydrogens (primary N) is 2. The maximum Gasteiger partial charge on any atom is 0.137 e. The minimum atomic E-state index is -0.221. The molecule has 0 amide bonds. The lowest BCUT2D eigenvalue weighted by atomic mass is 10.0. The zero-order chi connectivity index (χ0) is 12.0. The Hall–Kier alpha value is -1.75. The van der Waals surface area contributed by atoms with Gasteiger partial charge in [0.05, 0.1) is 4.90 Å². The van der Waals surface area contributed by atoms with Crippen molar-refractivity contribution in [3.8, 4) is 0 Å². The summed E-state index contributed by atoms with van der Waals surface area (Å²) in [5.74, 6) is 0.148. The molecule has 5 heteroatoms. The molecule has 0 aliphatic carbocycles. The van der Waals surface area contributed by atoms with Crippen LogP contribution in [0.1, 0.15) is 11.1 Å². The molecular formula is C12H10FN3S. The molecule has 86 valence electrons. The molecule has 1 aromatic carbocycles. The summed E-state index contributed by atoms with van der Waals surface area (Å²) in [7, 11) is 0. The summed E-state index contributed by atoms with van der Waals surface area (Å²) in [6, 6.07) is 6.71. The van der Waals surface area contributed by atoms with Crippen molar-refractivity contribution in [2.45, 2.75) is 16.3 Å². The van der Waals surface area contributed by atoms with Crippen molar-refractivity contribution in [1.29, 1.82) is 0 Å². The number of rotatable bonds is 0. The van der Waals surface area contributed by atoms with Gasteiger partial charge in [-0.15, -0.1) is 0 Å². The van der Waals surface area contributed by atoms with E-state index in [0.29, 0.717) is 27.8 Å². The van der Waals surface area contributed by atoms with Crippen LogP contribution in [0.4, 0.5) is 15.9 Å². The van der Waals surface area contributed by atoms with Crippen molar-refractivity contribution in [2.75, 3.05) is 11.5 Å². The number of hydrogen-bond acceptors (Lipinski definition) is 4. The Labute approximate surface area is 102 Å². The van der Waals surface area contributed by atoms with Crippen molar-refractivity contribution in [3.63, 3.8) is 0 Å². The normalized spacial score (nSPS) is 13.0. The molecule has 3 nitrogen and oxygen atoms in total. The molecule has 0 saturated carbocycles. The Morgan fingerprint density at radius 1 is 1.29 bits per heavy atom. The predicted molar refractivity (Wildman–Crippen MR) is 66.4 cm³/mol. The summed E-state index contributed by atoms with van der Waals surface area (Å²) in [5.41, 5.74) is 14.1. The van der Waals surface area contributed by atoms with E-state index in [1.165, 1.54) is 17.8 Å². The number of nitrogens with zero attached hydrogens (tertiary/aromatic N) is 1. The number of fused-ring (bicyclic) bond motifs is 2. The Morgan fingerprint density at radius 2 is 2.12 bits per heavy atom. The molecule has 0 fully saturated rings. The fraction of sp³-hybridized carbons (Fsp3) is 0.0833. The molecule has 1 aliphatic heterocycles. The molecule has 0 atom stereocenters. The van der Waals surface area contributed by atoms with Crippen LogP contribution in [0.5, 0.6) is 0 Å². The van der Waals surface area contributed by atoms with Crippen LogP contribution in [0.15, 0.2) is 34.2 Å². The van der Waals surface area contributed by atoms with Crippen LogP contribution in [0.2, 0.25) is 0 Å². The van der Waals surface area contributed by atoms with Crippen LogP contribution in [0.3, 0.4) is 0 Å². The van der Waals surface area contributed by atoms with Gasteiger partial charge in [-0.25, -0.2) is 9.37 Å². The van der Waals surface area contributed by atoms with Crippen LogP contribution < -0.4 is 11.5 Å². The Morgan fingerprint density at radius 3 is 2.94 bits per heavy atom. The third-order valence-corrected chi connectivity index (χ3v) is 3.95. The third-order valence-electron chi connectivity index (χ3n) is 2.76. The molecule has 0 bridgehead atoms. The van der Waals surface area contributed by atoms with Gasteiger partial charge in [-0.2, -0.15) is 0 Å². The van der Waals surface area contributed by atoms with E-state index < -0.39 is 0 Å². The van der Waals surface area contributed by atoms with Gasteiger partial charge in [-0.05, 0) is 11.6 Å². The molecule has 3 rings (SSSR count). The first-order valence-electron chi connectivity index (χ1n) is 5.15. The summed E-state index contributed by atoms with van der Waals surface area (Å²) in [6.45, 7) is 0. The van der Waals surface area contributed by atoms with Gasteiger partial charge in [0.25, 0.3) is 0 Å². The van der Waals surface area contributed by atoms with Crippen molar-refractivity contribution in [1.82, 2.24) is 4.98 Å². The van der Waals surface area contributed by atoms with Gasteiger partial charge >= 0.3 is 0 Å². The molecule has 0 unspecified atom stereocenters. The van der Waals surface area contributed by atoms with Crippen molar-refractivity contribution < 1.29 is 4.39 Å². The monoisotopic (exact) mass is 247 g/mol. The van der Waals surface area contributed by atoms with E-state index in [9.17, 15) is 4.39 Å². The topological polar surface area (TPSA) is 64.9 Å². The minimum absolute atomic E-state index is 0.221. The first-order valence-corrected chi connectivity index (χ1v) is 5.97. The molecular weight excluding hydrogens is 237 g/mol. The number of aromatic nitrogens is 1. The predicted octanol–water partition coefficient (Wildman–Crippen LogP) is 2.44. The molecule has 1 aliphatic rings. The number of anilines is 2. The second-order valence-corrected chi connectivity index (χ2v) is 4.93. The highest BCUT2D eigenvalue weighted by molar-refractivity contribution is 7.99. The highest BCUT2D eigenvalue weighted by Gasteiger charge is 2.22. The molecule has 0 saturated heterocycles. The number of hydrogen-bond donors (Lipinski definition) is 2. The average Bonchev–Trinajstić information content (AvgIpc) is 2.28. The van der Waals surface area contributed by atoms with Gasteiger partial charge in [0.2, 0.25) is 0 Å². The summed E-state index contributed by atoms with van der Waals surface area (Å²) in [5, 5.41) is 0.708. The fourth-order valence-corrected chi connectivity index (χ4v) is 3.04. The maximum atomic E-state index is 13.7. The van der Waals surface area contributed by atoms with E-state index in [-0.39, 0.29) is 5.82 Å². The quantitative estimate of drug-likeness (QED) is 0.640. The van der Waals surface area contributed by atoms with Crippen molar-refractivity contribution in [3.05, 3.63) is 41.2 Å². The Balaban J connectivity index is 2.17. The van der Waals surface area contributed by atoms with Crippen molar-refractivity contribution in [2.24, 2.45) is 0 Å². The Bertz CT molecular complexity index is 613. The summed E-state index contributed by atoms with van der Waals surface area (Å²) in [6.07, 6.45) is 0.606. The maximum absolute atomic E-state index is 13.7. The number of nitrogen functional groups attached to an aromatic ring is 2. The molecule has 1 aromatic heterocycles. The molecule has 2 aromatic rings. The lowest BCUT2D eigenvalue weighted by molar-refractivity contribution is 0.596. The van der Waals surface area contributed by atoms with Gasteiger partial charge < -0.3 is 11.5 Å². The first kappa shape index (κ1) is 10.4. The second kappa shape index (κ2) is 3.63. The van der Waals surface area contributed by atoms with E-state index in [0.717, 1.165) is 11.1 Å². The van der Waals surface area contributed by atoms with Crippen LogP contribution in [-0.4, -0.2) is 4.98 Å². The summed E-state index contributed by atoms with van der Waals surface area (Å²) >= 11 is 1.29. The minimum Gasteiger partial charge on any atom is -0.398 e. The van der Waals surface area contributed by atoms with E-state index in [2.05, 4.69) is 4.98 Å². The Kier molecular flexibility index (Phi) is 2.22. The van der Waals surface area contributed by atoms with E-state index in [1.54, 1.807) is 12.1 Å². The molecule has 2 heterocycles. The van der Waals surface area contributed by atoms with E-state index in [1.807, 2.05) is 6.07 Å². The molecule has 0 radical (unpaired) electrons. The van der Waals surface area contributed by atoms with Crippen molar-refractivity contribution >= 4 is 23.3 Å². The van der Waals surface area contributed by atoms with E-state index in [4.69, 9.17) is 11.5 Å². The lowest BCUT2D eigenvalue weighted by Gasteiger charge is -2.20. The number of pyridine rings is 1. The molecule has 0 spiro atoms. The lowest BCUT2D eigenvalue weighted by Crippen LogP contribution is -2.08. The molecule has 17 heavy (non-hydrogen) atoms. The highest BCUT2D eigenvalue weighted by atomic mass is 32.2. The zero-order valence-corrected chi connectivity index (χ0v) is 9.72. The average molecular weight is 247 g/mol. The smallest absolute Gasteiger partial charge is 0.137 e. The van der Waals surface area contributed by atoms with Gasteiger partial charge in [0.1, 0.15) is 16.7 Å². The fourth-order valence-electron chi connectivity index (χ4n) is 1.94. The second-order valence-electron chi connectivity index (χ2n) is 3.93.